The van der Waals surface area contributed by atoms with E-state index in [0.29, 0.717) is 37.8 Å². The predicted octanol–water partition coefficient (Wildman–Crippen LogP) is 5.79. The van der Waals surface area contributed by atoms with Crippen LogP contribution in [-0.4, -0.2) is 26.4 Å². The van der Waals surface area contributed by atoms with Crippen molar-refractivity contribution in [2.24, 2.45) is 0 Å². The summed E-state index contributed by atoms with van der Waals surface area (Å²) in [5, 5.41) is 0. The first-order valence-electron chi connectivity index (χ1n) is 12.9. The predicted molar refractivity (Wildman–Crippen MR) is 159 cm³/mol. The summed E-state index contributed by atoms with van der Waals surface area (Å²) >= 11 is 0. The third-order valence-electron chi connectivity index (χ3n) is 5.38. The first kappa shape index (κ1) is 28.8. The van der Waals surface area contributed by atoms with Crippen LogP contribution in [0.1, 0.15) is 19.3 Å². The van der Waals surface area contributed by atoms with E-state index in [1.807, 2.05) is 84.9 Å². The number of ether oxygens (including phenoxy) is 4. The van der Waals surface area contributed by atoms with Crippen molar-refractivity contribution in [3.05, 3.63) is 97.1 Å². The van der Waals surface area contributed by atoms with E-state index in [0.717, 1.165) is 53.6 Å². The van der Waals surface area contributed by atoms with E-state index in [1.165, 1.54) is 0 Å². The Kier molecular flexibility index (Phi) is 12.0. The van der Waals surface area contributed by atoms with Crippen LogP contribution < -0.4 is 41.9 Å². The van der Waals surface area contributed by atoms with Crippen molar-refractivity contribution in [1.29, 1.82) is 0 Å². The Bertz CT molecular complexity index is 1140. The minimum atomic E-state index is 0.589. The SMILES string of the molecule is Nc1ccc(OCCCCOc2ccc(N)cc2)cc1.Nc1cccc(OCCCOc2cccc(N)c2)c1. The lowest BCUT2D eigenvalue weighted by Gasteiger charge is -2.08. The summed E-state index contributed by atoms with van der Waals surface area (Å²) in [4.78, 5) is 0. The fourth-order valence-corrected chi connectivity index (χ4v) is 3.36. The molecule has 39 heavy (non-hydrogen) atoms. The molecule has 0 atom stereocenters. The Morgan fingerprint density at radius 1 is 0.359 bits per heavy atom. The molecule has 0 saturated carbocycles. The highest BCUT2D eigenvalue weighted by Gasteiger charge is 1.98. The van der Waals surface area contributed by atoms with Crippen molar-refractivity contribution in [3.63, 3.8) is 0 Å². The van der Waals surface area contributed by atoms with Gasteiger partial charge in [0.05, 0.1) is 26.4 Å². The van der Waals surface area contributed by atoms with Gasteiger partial charge in [-0.2, -0.15) is 0 Å². The number of hydrogen-bond acceptors (Lipinski definition) is 8. The number of unbranched alkanes of at least 4 members (excludes halogenated alkanes) is 1. The minimum absolute atomic E-state index is 0.589. The van der Waals surface area contributed by atoms with Gasteiger partial charge in [-0.05, 0) is 85.6 Å². The quantitative estimate of drug-likeness (QED) is 0.126. The molecule has 206 valence electrons. The van der Waals surface area contributed by atoms with Gasteiger partial charge in [-0.3, -0.25) is 0 Å². The van der Waals surface area contributed by atoms with Gasteiger partial charge in [0.25, 0.3) is 0 Å². The Morgan fingerprint density at radius 3 is 1.10 bits per heavy atom. The Hall–Kier alpha value is -4.72. The van der Waals surface area contributed by atoms with Crippen molar-refractivity contribution in [2.45, 2.75) is 19.3 Å². The molecular weight excluding hydrogens is 492 g/mol. The normalized spacial score (nSPS) is 10.2. The first-order chi connectivity index (χ1) is 19.0. The average molecular weight is 531 g/mol. The van der Waals surface area contributed by atoms with Gasteiger partial charge in [0.2, 0.25) is 0 Å². The lowest BCUT2D eigenvalue weighted by atomic mass is 10.3. The van der Waals surface area contributed by atoms with Gasteiger partial charge in [-0.1, -0.05) is 12.1 Å². The van der Waals surface area contributed by atoms with Crippen molar-refractivity contribution in [1.82, 2.24) is 0 Å². The van der Waals surface area contributed by atoms with Gasteiger partial charge in [0.15, 0.2) is 0 Å². The Morgan fingerprint density at radius 2 is 0.718 bits per heavy atom. The van der Waals surface area contributed by atoms with Crippen LogP contribution in [0.5, 0.6) is 23.0 Å². The molecule has 0 aliphatic rings. The second kappa shape index (κ2) is 16.2. The molecule has 0 aromatic heterocycles. The van der Waals surface area contributed by atoms with Crippen LogP contribution in [0.2, 0.25) is 0 Å². The van der Waals surface area contributed by atoms with Gasteiger partial charge in [0.1, 0.15) is 23.0 Å². The molecule has 0 spiro atoms. The van der Waals surface area contributed by atoms with Crippen LogP contribution in [0.3, 0.4) is 0 Å². The maximum Gasteiger partial charge on any atom is 0.121 e. The maximum atomic E-state index is 5.66. The number of hydrogen-bond donors (Lipinski definition) is 4. The molecule has 0 aliphatic carbocycles. The average Bonchev–Trinajstić information content (AvgIpc) is 2.93. The van der Waals surface area contributed by atoms with Gasteiger partial charge < -0.3 is 41.9 Å². The van der Waals surface area contributed by atoms with Crippen molar-refractivity contribution >= 4 is 22.7 Å². The highest BCUT2D eigenvalue weighted by Crippen LogP contribution is 2.17. The third-order valence-corrected chi connectivity index (χ3v) is 5.38. The van der Waals surface area contributed by atoms with Crippen LogP contribution in [0.15, 0.2) is 97.1 Å². The van der Waals surface area contributed by atoms with Crippen LogP contribution in [-0.2, 0) is 0 Å². The highest BCUT2D eigenvalue weighted by molar-refractivity contribution is 5.44. The number of nitrogens with two attached hydrogens (primary N) is 4. The molecule has 8 heteroatoms. The van der Waals surface area contributed by atoms with Crippen LogP contribution in [0.25, 0.3) is 0 Å². The van der Waals surface area contributed by atoms with Crippen molar-refractivity contribution in [2.75, 3.05) is 49.4 Å². The first-order valence-corrected chi connectivity index (χ1v) is 12.9. The number of anilines is 4. The van der Waals surface area contributed by atoms with Gasteiger partial charge in [-0.25, -0.2) is 0 Å². The van der Waals surface area contributed by atoms with E-state index in [1.54, 1.807) is 12.1 Å². The van der Waals surface area contributed by atoms with Crippen molar-refractivity contribution < 1.29 is 18.9 Å². The summed E-state index contributed by atoms with van der Waals surface area (Å²) < 4.78 is 22.3. The van der Waals surface area contributed by atoms with E-state index in [-0.39, 0.29) is 0 Å². The summed E-state index contributed by atoms with van der Waals surface area (Å²) in [6, 6.07) is 29.6. The Balaban J connectivity index is 0.000000216. The molecule has 0 heterocycles. The fourth-order valence-electron chi connectivity index (χ4n) is 3.36. The zero-order valence-electron chi connectivity index (χ0n) is 22.1. The smallest absolute Gasteiger partial charge is 0.121 e. The zero-order chi connectivity index (χ0) is 27.7. The molecule has 0 fully saturated rings. The van der Waals surface area contributed by atoms with Crippen molar-refractivity contribution in [3.8, 4) is 23.0 Å². The second-order valence-electron chi connectivity index (χ2n) is 8.74. The van der Waals surface area contributed by atoms with E-state index in [2.05, 4.69) is 0 Å². The number of nitrogen functional groups attached to an aromatic ring is 4. The largest absolute Gasteiger partial charge is 0.494 e. The Labute approximate surface area is 230 Å². The molecule has 0 aliphatic heterocycles. The zero-order valence-corrected chi connectivity index (χ0v) is 22.1. The molecule has 0 unspecified atom stereocenters. The van der Waals surface area contributed by atoms with Gasteiger partial charge in [0, 0.05) is 41.3 Å². The lowest BCUT2D eigenvalue weighted by molar-refractivity contribution is 0.247. The summed E-state index contributed by atoms with van der Waals surface area (Å²) in [7, 11) is 0. The van der Waals surface area contributed by atoms with Gasteiger partial charge in [-0.15, -0.1) is 0 Å². The molecule has 8 N–H and O–H groups in total. The number of benzene rings is 4. The van der Waals surface area contributed by atoms with E-state index >= 15 is 0 Å². The molecule has 0 bridgehead atoms. The summed E-state index contributed by atoms with van der Waals surface area (Å²) in [5.41, 5.74) is 25.4. The molecule has 8 nitrogen and oxygen atoms in total. The summed E-state index contributed by atoms with van der Waals surface area (Å²) in [6.07, 6.45) is 2.68. The lowest BCUT2D eigenvalue weighted by Crippen LogP contribution is -2.05. The van der Waals surface area contributed by atoms with Gasteiger partial charge >= 0.3 is 0 Å². The third kappa shape index (κ3) is 11.9. The molecule has 0 radical (unpaired) electrons. The molecule has 4 rings (SSSR count). The van der Waals surface area contributed by atoms with Crippen LogP contribution in [0.4, 0.5) is 22.7 Å². The molecular formula is C31H38N4O4. The van der Waals surface area contributed by atoms with E-state index in [4.69, 9.17) is 41.9 Å². The monoisotopic (exact) mass is 530 g/mol. The van der Waals surface area contributed by atoms with Crippen LogP contribution >= 0.6 is 0 Å². The summed E-state index contributed by atoms with van der Waals surface area (Å²) in [6.45, 7) is 2.53. The minimum Gasteiger partial charge on any atom is -0.494 e. The second-order valence-corrected chi connectivity index (χ2v) is 8.74. The topological polar surface area (TPSA) is 141 Å². The van der Waals surface area contributed by atoms with E-state index in [9.17, 15) is 0 Å². The fraction of sp³-hybridized carbons (Fsp3) is 0.226. The molecule has 0 saturated heterocycles. The number of rotatable bonds is 13. The highest BCUT2D eigenvalue weighted by atomic mass is 16.5. The molecule has 4 aromatic carbocycles. The van der Waals surface area contributed by atoms with E-state index < -0.39 is 0 Å². The summed E-state index contributed by atoms with van der Waals surface area (Å²) in [5.74, 6) is 3.25. The maximum absolute atomic E-state index is 5.66. The standard InChI is InChI=1S/C16H20N2O2.C15H18N2O2/c17-13-3-7-15(8-4-13)19-11-1-2-12-20-16-9-5-14(18)6-10-16;16-12-4-1-6-14(10-12)18-8-3-9-19-15-7-2-5-13(17)11-15/h3-10H,1-2,11-12,17-18H2;1-2,4-7,10-11H,3,8-9,16-17H2. The molecule has 4 aromatic rings. The molecule has 0 amide bonds. The van der Waals surface area contributed by atoms with Crippen LogP contribution in [0, 0.1) is 0 Å².